The van der Waals surface area contributed by atoms with E-state index in [2.05, 4.69) is 97.3 Å². The summed E-state index contributed by atoms with van der Waals surface area (Å²) in [6.07, 6.45) is 7.40. The lowest BCUT2D eigenvalue weighted by Crippen LogP contribution is -2.40. The molecule has 2 rings (SSSR count). The topological polar surface area (TPSA) is 9.23 Å². The molecule has 1 aliphatic carbocycles. The van der Waals surface area contributed by atoms with E-state index in [-0.39, 0.29) is 5.41 Å². The normalized spacial score (nSPS) is 19.2. The van der Waals surface area contributed by atoms with E-state index in [1.807, 2.05) is 7.11 Å². The zero-order valence-electron chi connectivity index (χ0n) is 19.4. The molecular formula is C24H40OSi2. The number of allylic oxidation sites excluding steroid dienone is 4. The predicted molar refractivity (Wildman–Crippen MR) is 127 cm³/mol. The highest BCUT2D eigenvalue weighted by Crippen LogP contribution is 2.48. The Hall–Kier alpha value is -1.07. The first-order chi connectivity index (χ1) is 12.2. The zero-order valence-corrected chi connectivity index (χ0v) is 21.4. The molecular weight excluding hydrogens is 360 g/mol. The fourth-order valence-corrected chi connectivity index (χ4v) is 7.17. The standard InChI is InChI=1S/C24H40OSi2/c1-17-14-20(23(25-5)21(15-17)27(9,10)11)22(24(2,3)4)18-12-13-19(16-18)26(6,7)8/h12-16,19,22H,1-11H3. The molecule has 0 bridgehead atoms. The number of rotatable bonds is 5. The van der Waals surface area contributed by atoms with Crippen molar-refractivity contribution in [1.82, 2.24) is 0 Å². The SMILES string of the molecule is COc1c(C(C2=CC([Si](C)(C)C)C=C2)C(C)(C)C)cc(C)cc1[Si](C)(C)C. The molecule has 0 saturated carbocycles. The quantitative estimate of drug-likeness (QED) is 0.489. The van der Waals surface area contributed by atoms with Crippen molar-refractivity contribution in [3.05, 3.63) is 47.1 Å². The molecule has 0 aromatic heterocycles. The fraction of sp³-hybridized carbons (Fsp3) is 0.583. The van der Waals surface area contributed by atoms with E-state index < -0.39 is 16.1 Å². The highest BCUT2D eigenvalue weighted by molar-refractivity contribution is 6.89. The van der Waals surface area contributed by atoms with Crippen LogP contribution in [0.1, 0.15) is 37.8 Å². The molecule has 1 aliphatic rings. The smallest absolute Gasteiger partial charge is 0.121 e. The van der Waals surface area contributed by atoms with Gasteiger partial charge in [0.2, 0.25) is 0 Å². The second-order valence-corrected chi connectivity index (χ2v) is 21.8. The van der Waals surface area contributed by atoms with Crippen molar-refractivity contribution in [1.29, 1.82) is 0 Å². The van der Waals surface area contributed by atoms with Gasteiger partial charge in [-0.1, -0.05) is 96.0 Å². The summed E-state index contributed by atoms with van der Waals surface area (Å²) in [5.41, 5.74) is 4.95. The zero-order chi connectivity index (χ0) is 20.8. The fourth-order valence-electron chi connectivity index (χ4n) is 4.21. The highest BCUT2D eigenvalue weighted by Gasteiger charge is 2.36. The first kappa shape index (κ1) is 22.2. The minimum absolute atomic E-state index is 0.127. The largest absolute Gasteiger partial charge is 0.497 e. The van der Waals surface area contributed by atoms with E-state index in [0.717, 1.165) is 5.75 Å². The van der Waals surface area contributed by atoms with E-state index in [1.165, 1.54) is 21.9 Å². The molecule has 0 N–H and O–H groups in total. The van der Waals surface area contributed by atoms with Gasteiger partial charge >= 0.3 is 0 Å². The van der Waals surface area contributed by atoms with Gasteiger partial charge in [0.1, 0.15) is 5.75 Å². The second-order valence-electron chi connectivity index (χ2n) is 11.4. The summed E-state index contributed by atoms with van der Waals surface area (Å²) < 4.78 is 6.08. The molecule has 150 valence electrons. The lowest BCUT2D eigenvalue weighted by molar-refractivity contribution is 0.342. The first-order valence-corrected chi connectivity index (χ1v) is 17.3. The molecule has 2 unspecified atom stereocenters. The van der Waals surface area contributed by atoms with Crippen LogP contribution >= 0.6 is 0 Å². The molecule has 3 heteroatoms. The van der Waals surface area contributed by atoms with Crippen molar-refractivity contribution < 1.29 is 4.74 Å². The highest BCUT2D eigenvalue weighted by atomic mass is 28.3. The number of hydrogen-bond acceptors (Lipinski definition) is 1. The number of aryl methyl sites for hydroxylation is 1. The summed E-state index contributed by atoms with van der Waals surface area (Å²) in [6.45, 7) is 24.0. The van der Waals surface area contributed by atoms with Gasteiger partial charge in [-0.25, -0.2) is 0 Å². The van der Waals surface area contributed by atoms with E-state index in [0.29, 0.717) is 11.5 Å². The van der Waals surface area contributed by atoms with Crippen LogP contribution < -0.4 is 9.92 Å². The van der Waals surface area contributed by atoms with Crippen LogP contribution in [0.5, 0.6) is 5.75 Å². The van der Waals surface area contributed by atoms with Crippen LogP contribution in [0.4, 0.5) is 0 Å². The molecule has 1 aromatic carbocycles. The molecule has 1 nitrogen and oxygen atoms in total. The predicted octanol–water partition coefficient (Wildman–Crippen LogP) is 6.88. The Labute approximate surface area is 169 Å². The van der Waals surface area contributed by atoms with E-state index in [1.54, 1.807) is 0 Å². The van der Waals surface area contributed by atoms with Gasteiger partial charge in [0.15, 0.2) is 0 Å². The van der Waals surface area contributed by atoms with Crippen LogP contribution in [-0.2, 0) is 0 Å². The van der Waals surface area contributed by atoms with Gasteiger partial charge in [0.05, 0.1) is 23.3 Å². The van der Waals surface area contributed by atoms with Crippen LogP contribution in [0.2, 0.25) is 44.8 Å². The summed E-state index contributed by atoms with van der Waals surface area (Å²) in [5, 5.41) is 1.44. The lowest BCUT2D eigenvalue weighted by atomic mass is 9.72. The van der Waals surface area contributed by atoms with Gasteiger partial charge in [-0.2, -0.15) is 0 Å². The second kappa shape index (κ2) is 7.40. The number of hydrogen-bond donors (Lipinski definition) is 0. The minimum atomic E-state index is -1.51. The molecule has 0 aliphatic heterocycles. The molecule has 0 saturated heterocycles. The third-order valence-electron chi connectivity index (χ3n) is 5.65. The Morgan fingerprint density at radius 1 is 1.00 bits per heavy atom. The summed E-state index contributed by atoms with van der Waals surface area (Å²) in [7, 11) is -0.890. The van der Waals surface area contributed by atoms with Crippen molar-refractivity contribution in [2.24, 2.45) is 5.41 Å². The van der Waals surface area contributed by atoms with E-state index >= 15 is 0 Å². The number of methoxy groups -OCH3 is 1. The summed E-state index contributed by atoms with van der Waals surface area (Å²) >= 11 is 0. The maximum absolute atomic E-state index is 6.08. The van der Waals surface area contributed by atoms with Gasteiger partial charge in [0.25, 0.3) is 0 Å². The Balaban J connectivity index is 2.71. The van der Waals surface area contributed by atoms with Crippen molar-refractivity contribution in [2.45, 2.75) is 78.4 Å². The molecule has 1 aromatic rings. The van der Waals surface area contributed by atoms with E-state index in [9.17, 15) is 0 Å². The number of benzene rings is 1. The summed E-state index contributed by atoms with van der Waals surface area (Å²) in [5.74, 6) is 1.48. The van der Waals surface area contributed by atoms with Gasteiger partial charge < -0.3 is 4.74 Å². The molecule has 0 spiro atoms. The Morgan fingerprint density at radius 2 is 1.59 bits per heavy atom. The molecule has 0 heterocycles. The third-order valence-corrected chi connectivity index (χ3v) is 10.00. The molecule has 0 radical (unpaired) electrons. The molecule has 0 amide bonds. The molecule has 0 fully saturated rings. The minimum Gasteiger partial charge on any atom is -0.497 e. The average Bonchev–Trinajstić information content (AvgIpc) is 2.94. The third kappa shape index (κ3) is 4.86. The maximum atomic E-state index is 6.08. The number of ether oxygens (including phenoxy) is 1. The van der Waals surface area contributed by atoms with Gasteiger partial charge in [-0.3, -0.25) is 0 Å². The van der Waals surface area contributed by atoms with E-state index in [4.69, 9.17) is 4.74 Å². The molecule has 2 atom stereocenters. The Kier molecular flexibility index (Phi) is 6.09. The lowest BCUT2D eigenvalue weighted by Gasteiger charge is -2.35. The van der Waals surface area contributed by atoms with Crippen LogP contribution in [0, 0.1) is 12.3 Å². The Morgan fingerprint density at radius 3 is 2.00 bits per heavy atom. The summed E-state index contributed by atoms with van der Waals surface area (Å²) in [4.78, 5) is 0. The van der Waals surface area contributed by atoms with Gasteiger partial charge in [-0.15, -0.1) is 0 Å². The van der Waals surface area contributed by atoms with Crippen molar-refractivity contribution >= 4 is 21.3 Å². The summed E-state index contributed by atoms with van der Waals surface area (Å²) in [6, 6.07) is 4.73. The Bertz CT molecular complexity index is 752. The van der Waals surface area contributed by atoms with Crippen LogP contribution in [0.25, 0.3) is 0 Å². The monoisotopic (exact) mass is 400 g/mol. The van der Waals surface area contributed by atoms with Crippen LogP contribution in [0.3, 0.4) is 0 Å². The maximum Gasteiger partial charge on any atom is 0.121 e. The van der Waals surface area contributed by atoms with Crippen LogP contribution in [-0.4, -0.2) is 23.3 Å². The van der Waals surface area contributed by atoms with Crippen molar-refractivity contribution in [3.63, 3.8) is 0 Å². The van der Waals surface area contributed by atoms with Crippen molar-refractivity contribution in [3.8, 4) is 5.75 Å². The average molecular weight is 401 g/mol. The van der Waals surface area contributed by atoms with Crippen LogP contribution in [0.15, 0.2) is 35.9 Å². The molecule has 27 heavy (non-hydrogen) atoms. The van der Waals surface area contributed by atoms with Gasteiger partial charge in [0, 0.05) is 11.5 Å². The van der Waals surface area contributed by atoms with Crippen molar-refractivity contribution in [2.75, 3.05) is 7.11 Å². The van der Waals surface area contributed by atoms with Gasteiger partial charge in [-0.05, 0) is 28.6 Å². The first-order valence-electron chi connectivity index (χ1n) is 10.2.